The van der Waals surface area contributed by atoms with Crippen LogP contribution in [0.25, 0.3) is 0 Å². The van der Waals surface area contributed by atoms with E-state index in [0.29, 0.717) is 22.6 Å². The van der Waals surface area contributed by atoms with Crippen LogP contribution in [-0.4, -0.2) is 31.3 Å². The minimum Gasteiger partial charge on any atom is -0.497 e. The molecule has 2 unspecified atom stereocenters. The van der Waals surface area contributed by atoms with Crippen LogP contribution in [-0.2, 0) is 0 Å². The van der Waals surface area contributed by atoms with E-state index in [9.17, 15) is 9.59 Å². The highest BCUT2D eigenvalue weighted by Gasteiger charge is 2.43. The summed E-state index contributed by atoms with van der Waals surface area (Å²) in [6, 6.07) is 33.0. The number of ketones is 2. The van der Waals surface area contributed by atoms with Crippen molar-refractivity contribution in [3.05, 3.63) is 126 Å². The molecule has 5 heteroatoms. The van der Waals surface area contributed by atoms with Gasteiger partial charge in [-0.05, 0) is 30.3 Å². The third-order valence-electron chi connectivity index (χ3n) is 6.24. The Kier molecular flexibility index (Phi) is 6.31. The van der Waals surface area contributed by atoms with Crippen LogP contribution in [0.1, 0.15) is 32.3 Å². The van der Waals surface area contributed by atoms with Gasteiger partial charge in [0.2, 0.25) is 5.78 Å². The Hall–Kier alpha value is -4.38. The molecule has 1 aliphatic heterocycles. The van der Waals surface area contributed by atoms with Gasteiger partial charge in [0.1, 0.15) is 17.5 Å². The first kappa shape index (κ1) is 22.4. The zero-order valence-electron chi connectivity index (χ0n) is 19.3. The Balaban J connectivity index is 1.59. The molecule has 5 rings (SSSR count). The highest BCUT2D eigenvalue weighted by molar-refractivity contribution is 6.02. The lowest BCUT2D eigenvalue weighted by atomic mass is 9.94. The number of hydrogen-bond acceptors (Lipinski definition) is 5. The smallest absolute Gasteiger partial charge is 0.205 e. The van der Waals surface area contributed by atoms with Crippen LogP contribution in [0.2, 0.25) is 0 Å². The number of Topliss-reactive ketones (excluding diaryl/α,β-unsaturated/α-hetero) is 2. The highest BCUT2D eigenvalue weighted by atomic mass is 16.5. The molecule has 4 aromatic rings. The first-order chi connectivity index (χ1) is 17.2. The molecule has 0 radical (unpaired) electrons. The second-order valence-corrected chi connectivity index (χ2v) is 8.37. The van der Waals surface area contributed by atoms with Crippen LogP contribution in [0.3, 0.4) is 0 Å². The molecule has 0 amide bonds. The third-order valence-corrected chi connectivity index (χ3v) is 6.24. The van der Waals surface area contributed by atoms with Crippen molar-refractivity contribution in [1.82, 2.24) is 0 Å². The van der Waals surface area contributed by atoms with Gasteiger partial charge in [-0.15, -0.1) is 0 Å². The summed E-state index contributed by atoms with van der Waals surface area (Å²) in [6.07, 6.45) is -0.805. The van der Waals surface area contributed by atoms with Crippen LogP contribution >= 0.6 is 0 Å². The zero-order valence-corrected chi connectivity index (χ0v) is 19.3. The van der Waals surface area contributed by atoms with Crippen LogP contribution in [0, 0.1) is 0 Å². The first-order valence-corrected chi connectivity index (χ1v) is 11.5. The van der Waals surface area contributed by atoms with Gasteiger partial charge in [-0.25, -0.2) is 0 Å². The third kappa shape index (κ3) is 4.53. The van der Waals surface area contributed by atoms with Crippen molar-refractivity contribution < 1.29 is 19.1 Å². The van der Waals surface area contributed by atoms with Crippen LogP contribution in [0.15, 0.2) is 109 Å². The molecule has 1 aliphatic rings. The van der Waals surface area contributed by atoms with E-state index in [1.165, 1.54) is 0 Å². The highest BCUT2D eigenvalue weighted by Crippen LogP contribution is 2.43. The van der Waals surface area contributed by atoms with Crippen molar-refractivity contribution in [2.24, 2.45) is 0 Å². The van der Waals surface area contributed by atoms with Crippen LogP contribution < -0.4 is 14.4 Å². The normalized spacial score (nSPS) is 16.1. The monoisotopic (exact) mass is 463 g/mol. The van der Waals surface area contributed by atoms with Gasteiger partial charge in [-0.1, -0.05) is 78.9 Å². The summed E-state index contributed by atoms with van der Waals surface area (Å²) in [5.41, 5.74) is 2.85. The maximum Gasteiger partial charge on any atom is 0.205 e. The van der Waals surface area contributed by atoms with E-state index in [2.05, 4.69) is 0 Å². The van der Waals surface area contributed by atoms with Crippen molar-refractivity contribution in [1.29, 1.82) is 0 Å². The Morgan fingerprint density at radius 1 is 0.771 bits per heavy atom. The number of fused-ring (bicyclic) bond motifs is 1. The van der Waals surface area contributed by atoms with Gasteiger partial charge in [0.25, 0.3) is 0 Å². The number of benzene rings is 4. The van der Waals surface area contributed by atoms with Crippen molar-refractivity contribution >= 4 is 17.3 Å². The SMILES string of the molecule is COc1ccc(N(CC(=O)c2ccccc2)C2c3ccccc3OC2C(=O)c2ccccc2)cc1. The summed E-state index contributed by atoms with van der Waals surface area (Å²) in [4.78, 5) is 29.0. The standard InChI is InChI=1S/C30H25NO4/c1-34-24-18-16-23(17-19-24)31(20-26(32)21-10-4-2-5-11-21)28-25-14-8-9-15-27(25)35-30(28)29(33)22-12-6-3-7-13-22/h2-19,28,30H,20H2,1H3. The Morgan fingerprint density at radius 3 is 2.03 bits per heavy atom. The zero-order chi connectivity index (χ0) is 24.2. The second kappa shape index (κ2) is 9.85. The molecular formula is C30H25NO4. The number of carbonyl (C=O) groups is 2. The van der Waals surface area contributed by atoms with Crippen molar-refractivity contribution in [3.63, 3.8) is 0 Å². The second-order valence-electron chi connectivity index (χ2n) is 8.37. The molecule has 0 N–H and O–H groups in total. The molecular weight excluding hydrogens is 438 g/mol. The van der Waals surface area contributed by atoms with Gasteiger partial charge in [-0.3, -0.25) is 9.59 Å². The van der Waals surface area contributed by atoms with Gasteiger partial charge in [-0.2, -0.15) is 0 Å². The predicted molar refractivity (Wildman–Crippen MR) is 135 cm³/mol. The molecule has 0 saturated carbocycles. The Morgan fingerprint density at radius 2 is 1.37 bits per heavy atom. The quantitative estimate of drug-likeness (QED) is 0.311. The molecule has 4 aromatic carbocycles. The first-order valence-electron chi connectivity index (χ1n) is 11.5. The summed E-state index contributed by atoms with van der Waals surface area (Å²) in [5, 5.41) is 0. The lowest BCUT2D eigenvalue weighted by molar-refractivity contribution is 0.0784. The topological polar surface area (TPSA) is 55.8 Å². The van der Waals surface area contributed by atoms with Gasteiger partial charge >= 0.3 is 0 Å². The van der Waals surface area contributed by atoms with E-state index in [-0.39, 0.29) is 18.1 Å². The Labute approximate surface area is 204 Å². The molecule has 0 spiro atoms. The van der Waals surface area contributed by atoms with E-state index < -0.39 is 12.1 Å². The van der Waals surface area contributed by atoms with Crippen LogP contribution in [0.5, 0.6) is 11.5 Å². The number of nitrogens with zero attached hydrogens (tertiary/aromatic N) is 1. The molecule has 1 heterocycles. The number of methoxy groups -OCH3 is 1. The molecule has 0 bridgehead atoms. The summed E-state index contributed by atoms with van der Waals surface area (Å²) in [6.45, 7) is 0.0806. The van der Waals surface area contributed by atoms with Crippen molar-refractivity contribution in [2.75, 3.05) is 18.6 Å². The van der Waals surface area contributed by atoms with Gasteiger partial charge in [0.05, 0.1) is 13.7 Å². The fourth-order valence-electron chi connectivity index (χ4n) is 4.49. The summed E-state index contributed by atoms with van der Waals surface area (Å²) in [7, 11) is 1.61. The summed E-state index contributed by atoms with van der Waals surface area (Å²) < 4.78 is 11.6. The minimum absolute atomic E-state index is 0.0447. The molecule has 0 saturated heterocycles. The average Bonchev–Trinajstić information content (AvgIpc) is 3.31. The summed E-state index contributed by atoms with van der Waals surface area (Å²) >= 11 is 0. The van der Waals surface area contributed by atoms with Gasteiger partial charge in [0, 0.05) is 22.4 Å². The Bertz CT molecular complexity index is 1320. The summed E-state index contributed by atoms with van der Waals surface area (Å²) in [5.74, 6) is 1.19. The number of hydrogen-bond donors (Lipinski definition) is 0. The van der Waals surface area contributed by atoms with E-state index in [0.717, 1.165) is 11.3 Å². The van der Waals surface area contributed by atoms with Crippen molar-refractivity contribution in [2.45, 2.75) is 12.1 Å². The largest absolute Gasteiger partial charge is 0.497 e. The minimum atomic E-state index is -0.805. The maximum absolute atomic E-state index is 13.7. The average molecular weight is 464 g/mol. The molecule has 0 fully saturated rings. The van der Waals surface area contributed by atoms with E-state index in [1.807, 2.05) is 89.8 Å². The number of rotatable bonds is 8. The van der Waals surface area contributed by atoms with Gasteiger partial charge < -0.3 is 14.4 Å². The van der Waals surface area contributed by atoms with E-state index in [4.69, 9.17) is 9.47 Å². The molecule has 0 aromatic heterocycles. The number of ether oxygens (including phenoxy) is 2. The number of para-hydroxylation sites is 1. The number of anilines is 1. The van der Waals surface area contributed by atoms with E-state index >= 15 is 0 Å². The lowest BCUT2D eigenvalue weighted by Gasteiger charge is -2.33. The van der Waals surface area contributed by atoms with Crippen molar-refractivity contribution in [3.8, 4) is 11.5 Å². The number of carbonyl (C=O) groups excluding carboxylic acids is 2. The fraction of sp³-hybridized carbons (Fsp3) is 0.133. The molecule has 2 atom stereocenters. The van der Waals surface area contributed by atoms with Crippen LogP contribution in [0.4, 0.5) is 5.69 Å². The molecule has 0 aliphatic carbocycles. The molecule has 5 nitrogen and oxygen atoms in total. The maximum atomic E-state index is 13.7. The molecule has 174 valence electrons. The lowest BCUT2D eigenvalue weighted by Crippen LogP contribution is -2.42. The predicted octanol–water partition coefficient (Wildman–Crippen LogP) is 5.77. The fourth-order valence-corrected chi connectivity index (χ4v) is 4.49. The van der Waals surface area contributed by atoms with E-state index in [1.54, 1.807) is 31.4 Å². The van der Waals surface area contributed by atoms with Gasteiger partial charge in [0.15, 0.2) is 11.9 Å². The molecule has 35 heavy (non-hydrogen) atoms.